The Balaban J connectivity index is 2.03. The van der Waals surface area contributed by atoms with Crippen LogP contribution < -0.4 is 10.6 Å². The molecule has 1 fully saturated rings. The molecule has 1 atom stereocenters. The van der Waals surface area contributed by atoms with Gasteiger partial charge in [-0.25, -0.2) is 4.79 Å². The highest BCUT2D eigenvalue weighted by Crippen LogP contribution is 2.31. The molecule has 0 bridgehead atoms. The number of carbonyl (C=O) groups excluding carboxylic acids is 1. The molecule has 0 aliphatic carbocycles. The van der Waals surface area contributed by atoms with E-state index in [1.165, 1.54) is 12.8 Å². The lowest BCUT2D eigenvalue weighted by atomic mass is 9.97. The van der Waals surface area contributed by atoms with E-state index >= 15 is 0 Å². The van der Waals surface area contributed by atoms with Gasteiger partial charge in [0.05, 0.1) is 0 Å². The van der Waals surface area contributed by atoms with Crippen LogP contribution in [0.1, 0.15) is 51.6 Å². The molecule has 1 amide bonds. The van der Waals surface area contributed by atoms with Crippen LogP contribution in [-0.2, 0) is 4.74 Å². The topological polar surface area (TPSA) is 50.4 Å². The van der Waals surface area contributed by atoms with E-state index in [0.29, 0.717) is 16.8 Å². The Hall–Kier alpha value is -1.26. The van der Waals surface area contributed by atoms with Crippen molar-refractivity contribution in [2.24, 2.45) is 0 Å². The van der Waals surface area contributed by atoms with Crippen molar-refractivity contribution in [3.05, 3.63) is 28.8 Å². The van der Waals surface area contributed by atoms with Crippen molar-refractivity contribution in [1.29, 1.82) is 0 Å². The number of halogens is 1. The molecule has 0 aromatic heterocycles. The predicted octanol–water partition coefficient (Wildman–Crippen LogP) is 4.50. The molecule has 0 spiro atoms. The van der Waals surface area contributed by atoms with Crippen molar-refractivity contribution in [1.82, 2.24) is 5.32 Å². The summed E-state index contributed by atoms with van der Waals surface area (Å²) in [6.45, 7) is 6.52. The van der Waals surface area contributed by atoms with Gasteiger partial charge in [-0.05, 0) is 57.9 Å². The van der Waals surface area contributed by atoms with E-state index in [-0.39, 0.29) is 0 Å². The van der Waals surface area contributed by atoms with Crippen LogP contribution in [0.25, 0.3) is 0 Å². The molecule has 1 heterocycles. The van der Waals surface area contributed by atoms with Gasteiger partial charge in [0.25, 0.3) is 0 Å². The SMILES string of the molecule is CC(C)(C)OC(=O)Nc1ccc(C2CCCCN2)c(Cl)c1. The highest BCUT2D eigenvalue weighted by Gasteiger charge is 2.19. The number of piperidine rings is 1. The zero-order valence-corrected chi connectivity index (χ0v) is 13.6. The molecule has 1 aliphatic rings. The molecular weight excluding hydrogens is 288 g/mol. The summed E-state index contributed by atoms with van der Waals surface area (Å²) in [5, 5.41) is 6.84. The summed E-state index contributed by atoms with van der Waals surface area (Å²) in [7, 11) is 0. The minimum absolute atomic E-state index is 0.307. The van der Waals surface area contributed by atoms with Crippen molar-refractivity contribution >= 4 is 23.4 Å². The fourth-order valence-corrected chi connectivity index (χ4v) is 2.74. The minimum atomic E-state index is -0.514. The Morgan fingerprint density at radius 3 is 2.71 bits per heavy atom. The maximum atomic E-state index is 11.7. The Morgan fingerprint density at radius 1 is 1.38 bits per heavy atom. The summed E-state index contributed by atoms with van der Waals surface area (Å²) in [6.07, 6.45) is 3.05. The van der Waals surface area contributed by atoms with Crippen LogP contribution in [0.4, 0.5) is 10.5 Å². The zero-order valence-electron chi connectivity index (χ0n) is 12.8. The lowest BCUT2D eigenvalue weighted by molar-refractivity contribution is 0.0636. The van der Waals surface area contributed by atoms with E-state index < -0.39 is 11.7 Å². The van der Waals surface area contributed by atoms with Crippen LogP contribution in [0.2, 0.25) is 5.02 Å². The van der Waals surface area contributed by atoms with Crippen LogP contribution in [0.5, 0.6) is 0 Å². The average molecular weight is 311 g/mol. The maximum absolute atomic E-state index is 11.7. The molecule has 5 heteroatoms. The highest BCUT2D eigenvalue weighted by molar-refractivity contribution is 6.31. The number of nitrogens with one attached hydrogen (secondary N) is 2. The number of hydrogen-bond acceptors (Lipinski definition) is 3. The minimum Gasteiger partial charge on any atom is -0.444 e. The van der Waals surface area contributed by atoms with Gasteiger partial charge in [0.15, 0.2) is 0 Å². The van der Waals surface area contributed by atoms with E-state index in [1.807, 2.05) is 32.9 Å². The molecule has 21 heavy (non-hydrogen) atoms. The van der Waals surface area contributed by atoms with E-state index in [2.05, 4.69) is 10.6 Å². The molecule has 2 rings (SSSR count). The average Bonchev–Trinajstić information content (AvgIpc) is 2.37. The number of amides is 1. The standard InChI is InChI=1S/C16H23ClN2O2/c1-16(2,3)21-15(20)19-11-7-8-12(13(17)10-11)14-6-4-5-9-18-14/h7-8,10,14,18H,4-6,9H2,1-3H3,(H,19,20). The monoisotopic (exact) mass is 310 g/mol. The quantitative estimate of drug-likeness (QED) is 0.845. The Kier molecular flexibility index (Phi) is 5.12. The molecule has 0 saturated carbocycles. The van der Waals surface area contributed by atoms with Gasteiger partial charge in [-0.3, -0.25) is 5.32 Å². The van der Waals surface area contributed by atoms with Gasteiger partial charge in [-0.15, -0.1) is 0 Å². The summed E-state index contributed by atoms with van der Waals surface area (Å²) in [5.41, 5.74) is 1.22. The third kappa shape index (κ3) is 4.90. The van der Waals surface area contributed by atoms with Gasteiger partial charge in [-0.1, -0.05) is 24.1 Å². The molecule has 2 N–H and O–H groups in total. The lowest BCUT2D eigenvalue weighted by Gasteiger charge is -2.25. The second-order valence-electron chi connectivity index (χ2n) is 6.37. The first kappa shape index (κ1) is 16.1. The third-order valence-electron chi connectivity index (χ3n) is 3.33. The summed E-state index contributed by atoms with van der Waals surface area (Å²) < 4.78 is 5.22. The van der Waals surface area contributed by atoms with Gasteiger partial charge in [0, 0.05) is 16.8 Å². The van der Waals surface area contributed by atoms with E-state index in [9.17, 15) is 4.79 Å². The van der Waals surface area contributed by atoms with Gasteiger partial charge >= 0.3 is 6.09 Å². The highest BCUT2D eigenvalue weighted by atomic mass is 35.5. The molecule has 1 aliphatic heterocycles. The number of carbonyl (C=O) groups is 1. The normalized spacial score (nSPS) is 19.1. The molecule has 1 aromatic rings. The van der Waals surface area contributed by atoms with Gasteiger partial charge in [0.2, 0.25) is 0 Å². The van der Waals surface area contributed by atoms with Crippen LogP contribution in [-0.4, -0.2) is 18.2 Å². The molecule has 1 aromatic carbocycles. The number of benzene rings is 1. The van der Waals surface area contributed by atoms with Gasteiger partial charge in [-0.2, -0.15) is 0 Å². The summed E-state index contributed by atoms with van der Waals surface area (Å²) >= 11 is 6.35. The number of anilines is 1. The van der Waals surface area contributed by atoms with Crippen LogP contribution >= 0.6 is 11.6 Å². The largest absolute Gasteiger partial charge is 0.444 e. The predicted molar refractivity (Wildman–Crippen MR) is 85.9 cm³/mol. The number of rotatable bonds is 2. The maximum Gasteiger partial charge on any atom is 0.412 e. The fraction of sp³-hybridized carbons (Fsp3) is 0.562. The van der Waals surface area contributed by atoms with Crippen molar-refractivity contribution < 1.29 is 9.53 Å². The van der Waals surface area contributed by atoms with Crippen molar-refractivity contribution in [2.75, 3.05) is 11.9 Å². The zero-order chi connectivity index (χ0) is 15.5. The molecule has 1 saturated heterocycles. The lowest BCUT2D eigenvalue weighted by Crippen LogP contribution is -2.28. The molecule has 1 unspecified atom stereocenters. The first-order valence-electron chi connectivity index (χ1n) is 7.38. The Labute approximate surface area is 131 Å². The Morgan fingerprint density at radius 2 is 2.14 bits per heavy atom. The number of hydrogen-bond donors (Lipinski definition) is 2. The summed E-state index contributed by atoms with van der Waals surface area (Å²) in [4.78, 5) is 11.7. The molecular formula is C16H23ClN2O2. The van der Waals surface area contributed by atoms with Gasteiger partial charge < -0.3 is 10.1 Å². The smallest absolute Gasteiger partial charge is 0.412 e. The van der Waals surface area contributed by atoms with Crippen LogP contribution in [0, 0.1) is 0 Å². The second kappa shape index (κ2) is 6.67. The van der Waals surface area contributed by atoms with Crippen LogP contribution in [0.3, 0.4) is 0 Å². The molecule has 4 nitrogen and oxygen atoms in total. The molecule has 0 radical (unpaired) electrons. The van der Waals surface area contributed by atoms with E-state index in [4.69, 9.17) is 16.3 Å². The van der Waals surface area contributed by atoms with Crippen molar-refractivity contribution in [3.63, 3.8) is 0 Å². The summed E-state index contributed by atoms with van der Waals surface area (Å²) in [5.74, 6) is 0. The van der Waals surface area contributed by atoms with E-state index in [0.717, 1.165) is 18.5 Å². The fourth-order valence-electron chi connectivity index (χ4n) is 2.43. The second-order valence-corrected chi connectivity index (χ2v) is 6.77. The third-order valence-corrected chi connectivity index (χ3v) is 3.66. The van der Waals surface area contributed by atoms with Gasteiger partial charge in [0.1, 0.15) is 5.60 Å². The van der Waals surface area contributed by atoms with Crippen molar-refractivity contribution in [2.45, 2.75) is 51.7 Å². The Bertz CT molecular complexity index is 505. The van der Waals surface area contributed by atoms with Crippen molar-refractivity contribution in [3.8, 4) is 0 Å². The first-order chi connectivity index (χ1) is 9.85. The molecule has 116 valence electrons. The summed E-state index contributed by atoms with van der Waals surface area (Å²) in [6, 6.07) is 5.91. The van der Waals surface area contributed by atoms with Crippen LogP contribution in [0.15, 0.2) is 18.2 Å². The number of ether oxygens (including phenoxy) is 1. The first-order valence-corrected chi connectivity index (χ1v) is 7.76. The van der Waals surface area contributed by atoms with E-state index in [1.54, 1.807) is 6.07 Å².